The molecule has 1 fully saturated rings. The first kappa shape index (κ1) is 15.2. The summed E-state index contributed by atoms with van der Waals surface area (Å²) in [6.45, 7) is 0.0321. The lowest BCUT2D eigenvalue weighted by atomic mass is 10.1. The molecule has 0 radical (unpaired) electrons. The van der Waals surface area contributed by atoms with E-state index in [0.29, 0.717) is 23.9 Å². The molecule has 22 heavy (non-hydrogen) atoms. The molecule has 1 aliphatic rings. The van der Waals surface area contributed by atoms with Gasteiger partial charge in [0.25, 0.3) is 5.91 Å². The average molecular weight is 343 g/mol. The fourth-order valence-corrected chi connectivity index (χ4v) is 4.65. The number of hydrogen-bond donors (Lipinski definition) is 3. The minimum absolute atomic E-state index is 0.0321. The first-order valence-electron chi connectivity index (χ1n) is 6.78. The summed E-state index contributed by atoms with van der Waals surface area (Å²) < 4.78 is 37.4. The van der Waals surface area contributed by atoms with Crippen molar-refractivity contribution in [2.45, 2.75) is 18.1 Å². The second-order valence-electron chi connectivity index (χ2n) is 5.30. The Hall–Kier alpha value is -1.74. The SMILES string of the molecule is O=C(NC[C@@H]1CCCS1(=O)=O)c1cc(F)cc2[nH]c(=S)[nH]c12. The third-order valence-corrected chi connectivity index (χ3v) is 6.27. The quantitative estimate of drug-likeness (QED) is 0.739. The van der Waals surface area contributed by atoms with Crippen LogP contribution in [0.5, 0.6) is 0 Å². The van der Waals surface area contributed by atoms with Crippen molar-refractivity contribution >= 4 is 39.0 Å². The number of carbonyl (C=O) groups is 1. The first-order chi connectivity index (χ1) is 10.4. The Morgan fingerprint density at radius 3 is 2.86 bits per heavy atom. The number of aromatic nitrogens is 2. The molecule has 3 N–H and O–H groups in total. The average Bonchev–Trinajstić information content (AvgIpc) is 2.96. The number of sulfone groups is 1. The smallest absolute Gasteiger partial charge is 0.253 e. The van der Waals surface area contributed by atoms with Gasteiger partial charge in [0.2, 0.25) is 0 Å². The van der Waals surface area contributed by atoms with Gasteiger partial charge in [0.05, 0.1) is 27.6 Å². The fraction of sp³-hybridized carbons (Fsp3) is 0.385. The second kappa shape index (κ2) is 5.47. The molecular weight excluding hydrogens is 329 g/mol. The van der Waals surface area contributed by atoms with Crippen LogP contribution in [0, 0.1) is 10.6 Å². The van der Waals surface area contributed by atoms with Crippen molar-refractivity contribution in [2.75, 3.05) is 12.3 Å². The van der Waals surface area contributed by atoms with E-state index in [1.807, 2.05) is 0 Å². The molecule has 0 spiro atoms. The molecular formula is C13H14FN3O3S2. The summed E-state index contributed by atoms with van der Waals surface area (Å²) in [5.41, 5.74) is 0.888. The van der Waals surface area contributed by atoms with Gasteiger partial charge >= 0.3 is 0 Å². The zero-order chi connectivity index (χ0) is 15.9. The van der Waals surface area contributed by atoms with Gasteiger partial charge in [0.1, 0.15) is 5.82 Å². The fourth-order valence-electron chi connectivity index (χ4n) is 2.68. The molecule has 0 bridgehead atoms. The third kappa shape index (κ3) is 2.78. The molecule has 9 heteroatoms. The highest BCUT2D eigenvalue weighted by molar-refractivity contribution is 7.92. The summed E-state index contributed by atoms with van der Waals surface area (Å²) >= 11 is 4.94. The van der Waals surface area contributed by atoms with E-state index in [-0.39, 0.29) is 22.6 Å². The highest BCUT2D eigenvalue weighted by Gasteiger charge is 2.31. The van der Waals surface area contributed by atoms with Gasteiger partial charge in [-0.05, 0) is 37.2 Å². The van der Waals surface area contributed by atoms with Gasteiger partial charge in [0, 0.05) is 6.54 Å². The minimum atomic E-state index is -3.13. The standard InChI is InChI=1S/C13H14FN3O3S2/c14-7-4-9(11-10(5-7)16-13(21)17-11)12(18)15-6-8-2-1-3-22(8,19)20/h4-5,8H,1-3,6H2,(H,15,18)(H2,16,17,21)/t8-/m0/s1. The van der Waals surface area contributed by atoms with Gasteiger partial charge in [-0.25, -0.2) is 12.8 Å². The van der Waals surface area contributed by atoms with E-state index in [4.69, 9.17) is 12.2 Å². The van der Waals surface area contributed by atoms with E-state index in [0.717, 1.165) is 6.07 Å². The molecule has 1 aliphatic heterocycles. The normalized spacial score (nSPS) is 20.3. The van der Waals surface area contributed by atoms with E-state index in [2.05, 4.69) is 15.3 Å². The van der Waals surface area contributed by atoms with Gasteiger partial charge in [-0.2, -0.15) is 0 Å². The monoisotopic (exact) mass is 343 g/mol. The molecule has 0 unspecified atom stereocenters. The number of imidazole rings is 1. The number of carbonyl (C=O) groups excluding carboxylic acids is 1. The molecule has 2 aromatic rings. The Bertz CT molecular complexity index is 901. The number of amides is 1. The lowest BCUT2D eigenvalue weighted by Crippen LogP contribution is -2.34. The number of hydrogen-bond acceptors (Lipinski definition) is 4. The van der Waals surface area contributed by atoms with Gasteiger partial charge in [-0.3, -0.25) is 4.79 Å². The Balaban J connectivity index is 1.85. The number of benzene rings is 1. The van der Waals surface area contributed by atoms with E-state index in [1.165, 1.54) is 6.07 Å². The largest absolute Gasteiger partial charge is 0.351 e. The van der Waals surface area contributed by atoms with E-state index in [9.17, 15) is 17.6 Å². The molecule has 1 atom stereocenters. The number of H-pyrrole nitrogens is 2. The van der Waals surface area contributed by atoms with Crippen LogP contribution in [0.4, 0.5) is 4.39 Å². The van der Waals surface area contributed by atoms with Crippen molar-refractivity contribution in [1.29, 1.82) is 0 Å². The Morgan fingerprint density at radius 1 is 1.41 bits per heavy atom. The highest BCUT2D eigenvalue weighted by Crippen LogP contribution is 2.20. The minimum Gasteiger partial charge on any atom is -0.351 e. The number of halogens is 1. The third-order valence-electron chi connectivity index (χ3n) is 3.79. The molecule has 1 aromatic heterocycles. The van der Waals surface area contributed by atoms with Crippen LogP contribution in [0.25, 0.3) is 11.0 Å². The van der Waals surface area contributed by atoms with Crippen molar-refractivity contribution in [3.05, 3.63) is 28.3 Å². The summed E-state index contributed by atoms with van der Waals surface area (Å²) in [7, 11) is -3.13. The maximum absolute atomic E-state index is 13.6. The highest BCUT2D eigenvalue weighted by atomic mass is 32.2. The Morgan fingerprint density at radius 2 is 2.18 bits per heavy atom. The Labute approximate surface area is 131 Å². The summed E-state index contributed by atoms with van der Waals surface area (Å²) in [4.78, 5) is 17.8. The summed E-state index contributed by atoms with van der Waals surface area (Å²) in [6.07, 6.45) is 1.14. The first-order valence-corrected chi connectivity index (χ1v) is 8.90. The molecule has 0 saturated carbocycles. The molecule has 2 heterocycles. The second-order valence-corrected chi connectivity index (χ2v) is 8.11. The van der Waals surface area contributed by atoms with Crippen LogP contribution < -0.4 is 5.32 Å². The van der Waals surface area contributed by atoms with Gasteiger partial charge in [-0.1, -0.05) is 0 Å². The number of rotatable bonds is 3. The zero-order valence-electron chi connectivity index (χ0n) is 11.5. The predicted octanol–water partition coefficient (Wildman–Crippen LogP) is 1.67. The van der Waals surface area contributed by atoms with Crippen molar-refractivity contribution in [3.63, 3.8) is 0 Å². The van der Waals surface area contributed by atoms with E-state index in [1.54, 1.807) is 0 Å². The van der Waals surface area contributed by atoms with Gasteiger partial charge in [-0.15, -0.1) is 0 Å². The van der Waals surface area contributed by atoms with Crippen molar-refractivity contribution in [2.24, 2.45) is 0 Å². The van der Waals surface area contributed by atoms with Crippen molar-refractivity contribution < 1.29 is 17.6 Å². The number of fused-ring (bicyclic) bond motifs is 1. The molecule has 1 saturated heterocycles. The van der Waals surface area contributed by atoms with Crippen molar-refractivity contribution in [3.8, 4) is 0 Å². The van der Waals surface area contributed by atoms with Crippen molar-refractivity contribution in [1.82, 2.24) is 15.3 Å². The predicted molar refractivity (Wildman–Crippen MR) is 82.6 cm³/mol. The van der Waals surface area contributed by atoms with Crippen LogP contribution in [-0.4, -0.2) is 41.8 Å². The van der Waals surface area contributed by atoms with Crippen LogP contribution >= 0.6 is 12.2 Å². The zero-order valence-corrected chi connectivity index (χ0v) is 13.1. The number of nitrogens with one attached hydrogen (secondary N) is 3. The van der Waals surface area contributed by atoms with Crippen LogP contribution in [0.15, 0.2) is 12.1 Å². The Kier molecular flexibility index (Phi) is 3.77. The molecule has 1 aromatic carbocycles. The van der Waals surface area contributed by atoms with Crippen LogP contribution in [0.2, 0.25) is 0 Å². The van der Waals surface area contributed by atoms with Crippen LogP contribution in [-0.2, 0) is 9.84 Å². The van der Waals surface area contributed by atoms with Gasteiger partial charge < -0.3 is 15.3 Å². The van der Waals surface area contributed by atoms with E-state index < -0.39 is 26.8 Å². The summed E-state index contributed by atoms with van der Waals surface area (Å²) in [5, 5.41) is 2.01. The topological polar surface area (TPSA) is 94.8 Å². The molecule has 0 aliphatic carbocycles. The maximum atomic E-state index is 13.6. The summed E-state index contributed by atoms with van der Waals surface area (Å²) in [6, 6.07) is 2.33. The molecule has 1 amide bonds. The molecule has 3 rings (SSSR count). The molecule has 118 valence electrons. The lowest BCUT2D eigenvalue weighted by molar-refractivity contribution is 0.0954. The van der Waals surface area contributed by atoms with Gasteiger partial charge in [0.15, 0.2) is 14.6 Å². The summed E-state index contributed by atoms with van der Waals surface area (Å²) in [5.74, 6) is -0.948. The number of aromatic amines is 2. The van der Waals surface area contributed by atoms with E-state index >= 15 is 0 Å². The lowest BCUT2D eigenvalue weighted by Gasteiger charge is -2.11. The van der Waals surface area contributed by atoms with Crippen LogP contribution in [0.1, 0.15) is 23.2 Å². The maximum Gasteiger partial charge on any atom is 0.253 e. The molecule has 6 nitrogen and oxygen atoms in total. The van der Waals surface area contributed by atoms with Crippen LogP contribution in [0.3, 0.4) is 0 Å².